The highest BCUT2D eigenvalue weighted by Crippen LogP contribution is 2.09. The molecular formula is C21H24FNO3. The highest BCUT2D eigenvalue weighted by atomic mass is 19.1. The minimum atomic E-state index is -0.870. The molecule has 0 radical (unpaired) electrons. The molecule has 0 heterocycles. The molecule has 0 aliphatic heterocycles. The van der Waals surface area contributed by atoms with Crippen LogP contribution in [0.15, 0.2) is 48.5 Å². The number of hydrogen-bond acceptors (Lipinski definition) is 3. The van der Waals surface area contributed by atoms with Gasteiger partial charge >= 0.3 is 5.97 Å². The topological polar surface area (TPSA) is 55.4 Å². The van der Waals surface area contributed by atoms with Crippen LogP contribution in [-0.4, -0.2) is 18.0 Å². The highest BCUT2D eigenvalue weighted by Gasteiger charge is 2.17. The first-order chi connectivity index (χ1) is 12.5. The maximum absolute atomic E-state index is 12.8. The smallest absolute Gasteiger partial charge is 0.306 e. The number of esters is 1. The third-order valence-electron chi connectivity index (χ3n) is 4.11. The summed E-state index contributed by atoms with van der Waals surface area (Å²) in [7, 11) is 0. The number of rotatable bonds is 8. The Balaban J connectivity index is 1.72. The van der Waals surface area contributed by atoms with Crippen LogP contribution in [0.1, 0.15) is 37.0 Å². The van der Waals surface area contributed by atoms with Crippen molar-refractivity contribution in [2.24, 2.45) is 0 Å². The van der Waals surface area contributed by atoms with Crippen molar-refractivity contribution in [3.8, 4) is 0 Å². The standard InChI is InChI=1S/C21H24FNO3/c1-3-16-4-6-17(7-5-16)10-13-20(24)26-15(2)21(25)23-14-18-8-11-19(22)12-9-18/h4-9,11-12,15H,3,10,13-14H2,1-2H3,(H,23,25)/t15-/m1/s1. The van der Waals surface area contributed by atoms with Crippen LogP contribution in [0.5, 0.6) is 0 Å². The van der Waals surface area contributed by atoms with Gasteiger partial charge in [-0.15, -0.1) is 0 Å². The Morgan fingerprint density at radius 2 is 1.58 bits per heavy atom. The van der Waals surface area contributed by atoms with Crippen LogP contribution in [0.2, 0.25) is 0 Å². The summed E-state index contributed by atoms with van der Waals surface area (Å²) in [4.78, 5) is 23.9. The van der Waals surface area contributed by atoms with E-state index < -0.39 is 12.1 Å². The average Bonchev–Trinajstić information content (AvgIpc) is 2.66. The van der Waals surface area contributed by atoms with E-state index in [-0.39, 0.29) is 24.7 Å². The molecule has 4 nitrogen and oxygen atoms in total. The molecule has 0 aromatic heterocycles. The molecule has 26 heavy (non-hydrogen) atoms. The first-order valence-electron chi connectivity index (χ1n) is 8.77. The van der Waals surface area contributed by atoms with Crippen LogP contribution in [-0.2, 0) is 33.7 Å². The van der Waals surface area contributed by atoms with E-state index in [1.165, 1.54) is 24.6 Å². The first-order valence-corrected chi connectivity index (χ1v) is 8.77. The Labute approximate surface area is 153 Å². The van der Waals surface area contributed by atoms with Gasteiger partial charge in [0.1, 0.15) is 5.82 Å². The molecule has 0 fully saturated rings. The zero-order valence-electron chi connectivity index (χ0n) is 15.1. The zero-order valence-corrected chi connectivity index (χ0v) is 15.1. The van der Waals surface area contributed by atoms with Crippen molar-refractivity contribution < 1.29 is 18.7 Å². The lowest BCUT2D eigenvalue weighted by atomic mass is 10.1. The molecule has 0 saturated carbocycles. The fourth-order valence-electron chi connectivity index (χ4n) is 2.43. The van der Waals surface area contributed by atoms with Crippen LogP contribution < -0.4 is 5.32 Å². The lowest BCUT2D eigenvalue weighted by Crippen LogP contribution is -2.35. The maximum Gasteiger partial charge on any atom is 0.306 e. The van der Waals surface area contributed by atoms with E-state index in [9.17, 15) is 14.0 Å². The minimum Gasteiger partial charge on any atom is -0.453 e. The summed E-state index contributed by atoms with van der Waals surface area (Å²) in [6, 6.07) is 14.0. The number of hydrogen-bond donors (Lipinski definition) is 1. The lowest BCUT2D eigenvalue weighted by molar-refractivity contribution is -0.154. The Morgan fingerprint density at radius 3 is 2.19 bits per heavy atom. The third-order valence-corrected chi connectivity index (χ3v) is 4.11. The van der Waals surface area contributed by atoms with Crippen LogP contribution in [0.3, 0.4) is 0 Å². The monoisotopic (exact) mass is 357 g/mol. The van der Waals surface area contributed by atoms with Gasteiger partial charge in [0.2, 0.25) is 0 Å². The fraction of sp³-hybridized carbons (Fsp3) is 0.333. The number of halogens is 1. The van der Waals surface area contributed by atoms with Gasteiger partial charge in [0.15, 0.2) is 6.10 Å². The fourth-order valence-corrected chi connectivity index (χ4v) is 2.43. The van der Waals surface area contributed by atoms with Crippen molar-refractivity contribution >= 4 is 11.9 Å². The van der Waals surface area contributed by atoms with E-state index in [1.807, 2.05) is 24.3 Å². The van der Waals surface area contributed by atoms with Gasteiger partial charge < -0.3 is 10.1 Å². The molecule has 0 unspecified atom stereocenters. The van der Waals surface area contributed by atoms with Gasteiger partial charge in [-0.25, -0.2) is 4.39 Å². The summed E-state index contributed by atoms with van der Waals surface area (Å²) in [5.74, 6) is -1.12. The third kappa shape index (κ3) is 6.31. The number of carbonyl (C=O) groups is 2. The number of nitrogens with one attached hydrogen (secondary N) is 1. The second-order valence-corrected chi connectivity index (χ2v) is 6.15. The SMILES string of the molecule is CCc1ccc(CCC(=O)O[C@H](C)C(=O)NCc2ccc(F)cc2)cc1. The largest absolute Gasteiger partial charge is 0.453 e. The van der Waals surface area contributed by atoms with Crippen molar-refractivity contribution in [1.29, 1.82) is 0 Å². The van der Waals surface area contributed by atoms with Crippen molar-refractivity contribution in [1.82, 2.24) is 5.32 Å². The van der Waals surface area contributed by atoms with Crippen LogP contribution in [0, 0.1) is 5.82 Å². The Kier molecular flexibility index (Phi) is 7.33. The van der Waals surface area contributed by atoms with E-state index in [2.05, 4.69) is 12.2 Å². The molecule has 0 spiro atoms. The summed E-state index contributed by atoms with van der Waals surface area (Å²) >= 11 is 0. The van der Waals surface area contributed by atoms with Gasteiger partial charge in [0, 0.05) is 13.0 Å². The Hall–Kier alpha value is -2.69. The van der Waals surface area contributed by atoms with Crippen LogP contribution in [0.4, 0.5) is 4.39 Å². The number of aryl methyl sites for hydroxylation is 2. The van der Waals surface area contributed by atoms with Crippen molar-refractivity contribution in [2.45, 2.75) is 45.8 Å². The molecule has 0 aliphatic carbocycles. The Morgan fingerprint density at radius 1 is 1.00 bits per heavy atom. The second-order valence-electron chi connectivity index (χ2n) is 6.15. The molecule has 2 aromatic carbocycles. The molecule has 0 bridgehead atoms. The predicted octanol–water partition coefficient (Wildman–Crippen LogP) is 3.57. The molecule has 2 rings (SSSR count). The average molecular weight is 357 g/mol. The molecule has 0 saturated heterocycles. The first kappa shape index (κ1) is 19.6. The molecule has 1 amide bonds. The summed E-state index contributed by atoms with van der Waals surface area (Å²) in [6.45, 7) is 3.88. The molecular weight excluding hydrogens is 333 g/mol. The highest BCUT2D eigenvalue weighted by molar-refractivity contribution is 5.83. The van der Waals surface area contributed by atoms with E-state index in [1.54, 1.807) is 12.1 Å². The molecule has 2 aromatic rings. The second kappa shape index (κ2) is 9.70. The molecule has 5 heteroatoms. The molecule has 0 aliphatic rings. The van der Waals surface area contributed by atoms with Gasteiger partial charge in [-0.2, -0.15) is 0 Å². The lowest BCUT2D eigenvalue weighted by Gasteiger charge is -2.13. The van der Waals surface area contributed by atoms with Crippen molar-refractivity contribution in [2.75, 3.05) is 0 Å². The molecule has 1 atom stereocenters. The summed E-state index contributed by atoms with van der Waals surface area (Å²) in [5, 5.41) is 2.67. The number of benzene rings is 2. The van der Waals surface area contributed by atoms with Crippen molar-refractivity contribution in [3.05, 3.63) is 71.0 Å². The van der Waals surface area contributed by atoms with Gasteiger partial charge in [-0.05, 0) is 48.6 Å². The van der Waals surface area contributed by atoms with E-state index >= 15 is 0 Å². The number of ether oxygens (including phenoxy) is 1. The van der Waals surface area contributed by atoms with Gasteiger partial charge in [-0.3, -0.25) is 9.59 Å². The van der Waals surface area contributed by atoms with Crippen LogP contribution in [0.25, 0.3) is 0 Å². The van der Waals surface area contributed by atoms with Gasteiger partial charge in [0.05, 0.1) is 0 Å². The van der Waals surface area contributed by atoms with E-state index in [0.29, 0.717) is 6.42 Å². The van der Waals surface area contributed by atoms with E-state index in [0.717, 1.165) is 17.5 Å². The van der Waals surface area contributed by atoms with E-state index in [4.69, 9.17) is 4.74 Å². The summed E-state index contributed by atoms with van der Waals surface area (Å²) in [5.41, 5.74) is 3.09. The maximum atomic E-state index is 12.8. The van der Waals surface area contributed by atoms with Gasteiger partial charge in [-0.1, -0.05) is 43.3 Å². The molecule has 1 N–H and O–H groups in total. The van der Waals surface area contributed by atoms with Crippen LogP contribution >= 0.6 is 0 Å². The summed E-state index contributed by atoms with van der Waals surface area (Å²) < 4.78 is 18.0. The normalized spacial score (nSPS) is 11.7. The molecule has 138 valence electrons. The number of carbonyl (C=O) groups excluding carboxylic acids is 2. The number of amides is 1. The predicted molar refractivity (Wildman–Crippen MR) is 97.9 cm³/mol. The van der Waals surface area contributed by atoms with Crippen molar-refractivity contribution in [3.63, 3.8) is 0 Å². The Bertz CT molecular complexity index is 726. The quantitative estimate of drug-likeness (QED) is 0.735. The van der Waals surface area contributed by atoms with Gasteiger partial charge in [0.25, 0.3) is 5.91 Å². The minimum absolute atomic E-state index is 0.223. The summed E-state index contributed by atoms with van der Waals surface area (Å²) in [6.07, 6.45) is 0.908. The zero-order chi connectivity index (χ0) is 18.9.